The molecule has 4 bridgehead atoms. The molecule has 0 radical (unpaired) electrons. The van der Waals surface area contributed by atoms with Crippen LogP contribution in [0.15, 0.2) is 29.8 Å². The van der Waals surface area contributed by atoms with Crippen molar-refractivity contribution in [2.75, 3.05) is 0 Å². The van der Waals surface area contributed by atoms with Crippen molar-refractivity contribution in [3.05, 3.63) is 41.0 Å². The van der Waals surface area contributed by atoms with Gasteiger partial charge in [0.2, 0.25) is 0 Å². The van der Waals surface area contributed by atoms with E-state index in [1.54, 1.807) is 36.0 Å². The summed E-state index contributed by atoms with van der Waals surface area (Å²) in [5, 5.41) is 11.1. The van der Waals surface area contributed by atoms with Gasteiger partial charge in [0.15, 0.2) is 0 Å². The van der Waals surface area contributed by atoms with Gasteiger partial charge in [-0.05, 0) is 0 Å². The monoisotopic (exact) mass is 431 g/mol. The van der Waals surface area contributed by atoms with Crippen molar-refractivity contribution in [2.24, 2.45) is 17.8 Å². The van der Waals surface area contributed by atoms with Crippen LogP contribution < -0.4 is 4.98 Å². The first-order valence-electron chi connectivity index (χ1n) is 11.9. The molecule has 1 aromatic carbocycles. The number of hydrogen-bond acceptors (Lipinski definition) is 1. The van der Waals surface area contributed by atoms with Gasteiger partial charge in [-0.15, -0.1) is 0 Å². The minimum absolute atomic E-state index is 0.377. The van der Waals surface area contributed by atoms with E-state index in [4.69, 9.17) is 0 Å². The molecule has 0 aromatic heterocycles. The van der Waals surface area contributed by atoms with E-state index in [1.807, 2.05) is 0 Å². The zero-order valence-corrected chi connectivity index (χ0v) is 22.0. The normalized spacial score (nSPS) is 39.5. The minimum atomic E-state index is -3.25. The van der Waals surface area contributed by atoms with E-state index < -0.39 is 13.3 Å². The molecule has 0 spiro atoms. The summed E-state index contributed by atoms with van der Waals surface area (Å²) in [4.78, 5) is 4.49. The summed E-state index contributed by atoms with van der Waals surface area (Å²) in [6.45, 7) is 4.82. The van der Waals surface area contributed by atoms with Crippen molar-refractivity contribution in [3.63, 3.8) is 0 Å². The molecule has 28 heavy (non-hydrogen) atoms. The Morgan fingerprint density at radius 3 is 2.00 bits per heavy atom. The molecule has 1 atom stereocenters. The maximum atomic E-state index is 4.49. The van der Waals surface area contributed by atoms with E-state index in [-0.39, 0.29) is 7.55 Å². The Balaban J connectivity index is 1.48. The summed E-state index contributed by atoms with van der Waals surface area (Å²) >= 11 is -3.25. The van der Waals surface area contributed by atoms with Gasteiger partial charge in [0.05, 0.1) is 0 Å². The first-order chi connectivity index (χ1) is 12.9. The second-order valence-corrected chi connectivity index (χ2v) is 49.3. The predicted molar refractivity (Wildman–Crippen MR) is 123 cm³/mol. The van der Waals surface area contributed by atoms with E-state index in [9.17, 15) is 0 Å². The van der Waals surface area contributed by atoms with E-state index >= 15 is 0 Å². The topological polar surface area (TPSA) is 12.0 Å². The molecule has 154 valence electrons. The van der Waals surface area contributed by atoms with Gasteiger partial charge in [-0.2, -0.15) is 0 Å². The number of nitrogens with one attached hydrogen (secondary N) is 1. The molecule has 4 fully saturated rings. The molecule has 1 aromatic rings. The summed E-state index contributed by atoms with van der Waals surface area (Å²) in [5.74, 6) is 3.13. The third kappa shape index (κ3) is 3.01. The van der Waals surface area contributed by atoms with Gasteiger partial charge in [-0.1, -0.05) is 0 Å². The summed E-state index contributed by atoms with van der Waals surface area (Å²) in [7, 11) is -0.377. The summed E-state index contributed by atoms with van der Waals surface area (Å²) in [6.07, 6.45) is 9.12. The fraction of sp³-hybridized carbons (Fsp3) is 0.680. The van der Waals surface area contributed by atoms with Crippen LogP contribution in [-0.2, 0) is 13.3 Å². The van der Waals surface area contributed by atoms with Crippen molar-refractivity contribution in [3.8, 4) is 0 Å². The average Bonchev–Trinajstić information content (AvgIpc) is 2.84. The van der Waals surface area contributed by atoms with Crippen molar-refractivity contribution < 1.29 is 13.3 Å². The van der Waals surface area contributed by atoms with E-state index in [1.165, 1.54) is 24.8 Å². The van der Waals surface area contributed by atoms with Crippen LogP contribution in [0.2, 0.25) is 20.9 Å². The molecular formula is C25H41NSiTi. The molecule has 0 saturated heterocycles. The van der Waals surface area contributed by atoms with E-state index in [0.29, 0.717) is 9.76 Å². The molecule has 0 amide bonds. The third-order valence-electron chi connectivity index (χ3n) is 9.37. The second kappa shape index (κ2) is 5.55. The molecule has 3 heteroatoms. The van der Waals surface area contributed by atoms with Gasteiger partial charge < -0.3 is 0 Å². The first-order valence-corrected chi connectivity index (χ1v) is 23.8. The van der Waals surface area contributed by atoms with Gasteiger partial charge in [-0.25, -0.2) is 0 Å². The number of rotatable bonds is 4. The molecule has 4 saturated carbocycles. The molecule has 1 nitrogen and oxygen atoms in total. The molecule has 5 aliphatic rings. The quantitative estimate of drug-likeness (QED) is 0.536. The predicted octanol–water partition coefficient (Wildman–Crippen LogP) is 6.51. The van der Waals surface area contributed by atoms with Crippen LogP contribution in [0.25, 0.3) is 5.57 Å². The van der Waals surface area contributed by atoms with Crippen LogP contribution in [0.1, 0.15) is 67.7 Å². The van der Waals surface area contributed by atoms with E-state index in [2.05, 4.69) is 64.0 Å². The molecule has 0 heterocycles. The molecule has 0 aliphatic heterocycles. The Kier molecular flexibility index (Phi) is 3.92. The van der Waals surface area contributed by atoms with Gasteiger partial charge in [0.25, 0.3) is 0 Å². The Labute approximate surface area is 172 Å². The zero-order valence-electron chi connectivity index (χ0n) is 19.1. The van der Waals surface area contributed by atoms with Gasteiger partial charge in [0, 0.05) is 0 Å². The fourth-order valence-corrected chi connectivity index (χ4v) is 25.2. The standard InChI is InChI=1S/C11H11.C10H18NSi.4CH3.Ti/c1-8-7-10-5-3-4-6-11(10)9(8)2;12-11-10-4-7-1-8(5-10)3-9(2-7)6-10;;;;;/h3-7H,1-2H3;7-9,11H,1-6,12H2;4*1H3;. The van der Waals surface area contributed by atoms with Gasteiger partial charge in [0.1, 0.15) is 0 Å². The van der Waals surface area contributed by atoms with Crippen molar-refractivity contribution >= 4 is 13.1 Å². The van der Waals surface area contributed by atoms with Crippen LogP contribution in [0.5, 0.6) is 0 Å². The first kappa shape index (κ1) is 19.8. The Morgan fingerprint density at radius 1 is 0.893 bits per heavy atom. The number of benzene rings is 1. The number of hydrogen-bond donors (Lipinski definition) is 1. The maximum absolute atomic E-state index is 4.49. The second-order valence-electron chi connectivity index (χ2n) is 14.7. The van der Waals surface area contributed by atoms with E-state index in [0.717, 1.165) is 17.8 Å². The molecular weight excluding hydrogens is 390 g/mol. The van der Waals surface area contributed by atoms with Crippen LogP contribution in [0.3, 0.4) is 0 Å². The Hall–Kier alpha value is -0.149. The van der Waals surface area contributed by atoms with Gasteiger partial charge >= 0.3 is 173 Å². The molecule has 5 aliphatic carbocycles. The Bertz CT molecular complexity index is 839. The molecule has 1 N–H and O–H groups in total. The summed E-state index contributed by atoms with van der Waals surface area (Å²) < 4.78 is 0.698. The number of allylic oxidation sites excluding steroid dienone is 2. The third-order valence-corrected chi connectivity index (χ3v) is 27.4. The van der Waals surface area contributed by atoms with Crippen LogP contribution in [-0.4, -0.2) is 13.1 Å². The van der Waals surface area contributed by atoms with Crippen LogP contribution >= 0.6 is 0 Å². The molecule has 6 rings (SSSR count). The fourth-order valence-electron chi connectivity index (χ4n) is 8.52. The average molecular weight is 432 g/mol. The summed E-state index contributed by atoms with van der Waals surface area (Å²) in [5.41, 5.74) is 6.96. The summed E-state index contributed by atoms with van der Waals surface area (Å²) in [6, 6.07) is 9.32. The van der Waals surface area contributed by atoms with Crippen LogP contribution in [0.4, 0.5) is 0 Å². The SMILES string of the molecule is CC1=C(C)[CH]([Ti]([CH3])([CH3])([CH3])([CH3])[SiH2]NC23CC4CC(CC(C4)C2)C3)c2ccccc21. The van der Waals surface area contributed by atoms with Gasteiger partial charge in [-0.3, -0.25) is 0 Å². The van der Waals surface area contributed by atoms with Crippen LogP contribution in [0, 0.1) is 17.8 Å². The van der Waals surface area contributed by atoms with Crippen molar-refractivity contribution in [1.82, 2.24) is 4.98 Å². The van der Waals surface area contributed by atoms with Crippen molar-refractivity contribution in [1.29, 1.82) is 0 Å². The molecule has 1 unspecified atom stereocenters. The number of fused-ring (bicyclic) bond motifs is 1. The Morgan fingerprint density at radius 2 is 1.43 bits per heavy atom. The zero-order chi connectivity index (χ0) is 20.0. The van der Waals surface area contributed by atoms with Crippen molar-refractivity contribution in [2.45, 2.75) is 83.0 Å².